The summed E-state index contributed by atoms with van der Waals surface area (Å²) in [5.41, 5.74) is 0.928. The van der Waals surface area contributed by atoms with Gasteiger partial charge in [0.15, 0.2) is 0 Å². The molecule has 0 aliphatic rings. The largest absolute Gasteiger partial charge is 0.296 e. The van der Waals surface area contributed by atoms with Crippen LogP contribution < -0.4 is 0 Å². The second-order valence-electron chi connectivity index (χ2n) is 2.59. The van der Waals surface area contributed by atoms with Crippen molar-refractivity contribution in [3.63, 3.8) is 0 Å². The molecule has 0 heterocycles. The van der Waals surface area contributed by atoms with E-state index < -0.39 is 10.1 Å². The predicted octanol–water partition coefficient (Wildman–Crippen LogP) is 2.15. The molecule has 0 aliphatic heterocycles. The zero-order valence-electron chi connectivity index (χ0n) is 6.99. The van der Waals surface area contributed by atoms with Gasteiger partial charge in [0.2, 0.25) is 0 Å². The molecule has 0 bridgehead atoms. The zero-order chi connectivity index (χ0) is 10.1. The van der Waals surface area contributed by atoms with Gasteiger partial charge in [-0.15, -0.1) is 0 Å². The molecule has 5 heteroatoms. The fourth-order valence-corrected chi connectivity index (χ4v) is 2.01. The van der Waals surface area contributed by atoms with Gasteiger partial charge in [-0.1, -0.05) is 24.6 Å². The average Bonchev–Trinajstić information content (AvgIpc) is 2.01. The van der Waals surface area contributed by atoms with Gasteiger partial charge in [-0.05, 0) is 24.1 Å². The molecule has 1 N–H and O–H groups in total. The van der Waals surface area contributed by atoms with Gasteiger partial charge in [-0.2, -0.15) is 8.42 Å². The Hall–Kier alpha value is -0.580. The van der Waals surface area contributed by atoms with Crippen LogP contribution in [-0.2, 0) is 16.5 Å². The summed E-state index contributed by atoms with van der Waals surface area (Å²) in [5, 5.41) is 0.0573. The Labute approximate surface area is 82.1 Å². The number of halogens is 1. The first kappa shape index (κ1) is 10.5. The third kappa shape index (κ3) is 2.43. The van der Waals surface area contributed by atoms with E-state index in [2.05, 4.69) is 0 Å². The third-order valence-electron chi connectivity index (χ3n) is 1.68. The van der Waals surface area contributed by atoms with Crippen molar-refractivity contribution in [3.05, 3.63) is 28.8 Å². The Bertz CT molecular complexity index is 411. The monoisotopic (exact) mass is 220 g/mol. The van der Waals surface area contributed by atoms with Crippen molar-refractivity contribution in [2.45, 2.75) is 18.2 Å². The summed E-state index contributed by atoms with van der Waals surface area (Å²) in [6.45, 7) is 1.93. The van der Waals surface area contributed by atoms with E-state index in [0.29, 0.717) is 0 Å². The van der Waals surface area contributed by atoms with Crippen LogP contribution >= 0.6 is 11.6 Å². The van der Waals surface area contributed by atoms with Crippen molar-refractivity contribution in [2.24, 2.45) is 0 Å². The highest BCUT2D eigenvalue weighted by Crippen LogP contribution is 2.22. The number of hydrogen-bond acceptors (Lipinski definition) is 2. The lowest BCUT2D eigenvalue weighted by atomic mass is 10.2. The fraction of sp³-hybridized carbons (Fsp3) is 0.250. The summed E-state index contributed by atoms with van der Waals surface area (Å²) in [5.74, 6) is 0. The lowest BCUT2D eigenvalue weighted by Gasteiger charge is -2.02. The molecular weight excluding hydrogens is 212 g/mol. The normalized spacial score (nSPS) is 11.6. The molecule has 3 nitrogen and oxygen atoms in total. The molecule has 13 heavy (non-hydrogen) atoms. The maximum absolute atomic E-state index is 10.7. The van der Waals surface area contributed by atoms with Gasteiger partial charge in [0.25, 0.3) is 10.1 Å². The molecule has 1 aromatic rings. The SMILES string of the molecule is CCc1ccc(S(=O)(=O)O)c(Cl)c1. The van der Waals surface area contributed by atoms with E-state index in [1.54, 1.807) is 6.07 Å². The van der Waals surface area contributed by atoms with Crippen LogP contribution in [0.1, 0.15) is 12.5 Å². The summed E-state index contributed by atoms with van der Waals surface area (Å²) in [7, 11) is -4.19. The molecule has 0 aromatic heterocycles. The van der Waals surface area contributed by atoms with Crippen molar-refractivity contribution in [1.82, 2.24) is 0 Å². The van der Waals surface area contributed by atoms with Gasteiger partial charge in [-0.25, -0.2) is 0 Å². The Morgan fingerprint density at radius 1 is 1.46 bits per heavy atom. The van der Waals surface area contributed by atoms with Crippen LogP contribution in [0.2, 0.25) is 5.02 Å². The first-order chi connectivity index (χ1) is 5.95. The highest BCUT2D eigenvalue weighted by molar-refractivity contribution is 7.86. The Balaban J connectivity index is 3.29. The van der Waals surface area contributed by atoms with Crippen molar-refractivity contribution < 1.29 is 13.0 Å². The van der Waals surface area contributed by atoms with E-state index >= 15 is 0 Å². The minimum Gasteiger partial charge on any atom is -0.282 e. The molecule has 0 aliphatic carbocycles. The lowest BCUT2D eigenvalue weighted by molar-refractivity contribution is 0.483. The molecule has 0 saturated carbocycles. The van der Waals surface area contributed by atoms with E-state index in [9.17, 15) is 8.42 Å². The summed E-state index contributed by atoms with van der Waals surface area (Å²) >= 11 is 5.65. The van der Waals surface area contributed by atoms with E-state index in [0.717, 1.165) is 12.0 Å². The molecule has 0 amide bonds. The van der Waals surface area contributed by atoms with Crippen molar-refractivity contribution >= 4 is 21.7 Å². The standard InChI is InChI=1S/C8H9ClO3S/c1-2-6-3-4-8(7(9)5-6)13(10,11)12/h3-5H,2H2,1H3,(H,10,11,12). The van der Waals surface area contributed by atoms with Crippen molar-refractivity contribution in [1.29, 1.82) is 0 Å². The van der Waals surface area contributed by atoms with Crippen LogP contribution in [0.3, 0.4) is 0 Å². The summed E-state index contributed by atoms with van der Waals surface area (Å²) in [6, 6.07) is 4.45. The number of rotatable bonds is 2. The summed E-state index contributed by atoms with van der Waals surface area (Å²) < 4.78 is 30.2. The number of aryl methyl sites for hydroxylation is 1. The van der Waals surface area contributed by atoms with Crippen LogP contribution in [0, 0.1) is 0 Å². The van der Waals surface area contributed by atoms with Crippen molar-refractivity contribution in [3.8, 4) is 0 Å². The van der Waals surface area contributed by atoms with Gasteiger partial charge < -0.3 is 0 Å². The van der Waals surface area contributed by atoms with Gasteiger partial charge in [-0.3, -0.25) is 4.55 Å². The molecule has 0 saturated heterocycles. The Morgan fingerprint density at radius 3 is 2.46 bits per heavy atom. The molecular formula is C8H9ClO3S. The van der Waals surface area contributed by atoms with E-state index in [-0.39, 0.29) is 9.92 Å². The molecule has 1 rings (SSSR count). The van der Waals surface area contributed by atoms with Crippen LogP contribution in [0.15, 0.2) is 23.1 Å². The van der Waals surface area contributed by atoms with Crippen LogP contribution in [0.25, 0.3) is 0 Å². The minimum atomic E-state index is -4.19. The molecule has 0 fully saturated rings. The molecule has 0 spiro atoms. The third-order valence-corrected chi connectivity index (χ3v) is 3.02. The van der Waals surface area contributed by atoms with Crippen LogP contribution in [0.4, 0.5) is 0 Å². The Morgan fingerprint density at radius 2 is 2.08 bits per heavy atom. The van der Waals surface area contributed by atoms with Gasteiger partial charge in [0, 0.05) is 0 Å². The van der Waals surface area contributed by atoms with Gasteiger partial charge >= 0.3 is 0 Å². The molecule has 72 valence electrons. The first-order valence-corrected chi connectivity index (χ1v) is 5.53. The maximum atomic E-state index is 10.7. The quantitative estimate of drug-likeness (QED) is 0.777. The topological polar surface area (TPSA) is 54.4 Å². The van der Waals surface area contributed by atoms with Crippen molar-refractivity contribution in [2.75, 3.05) is 0 Å². The number of benzene rings is 1. The first-order valence-electron chi connectivity index (χ1n) is 3.71. The van der Waals surface area contributed by atoms with E-state index in [4.69, 9.17) is 16.2 Å². The molecule has 0 radical (unpaired) electrons. The summed E-state index contributed by atoms with van der Waals surface area (Å²) in [6.07, 6.45) is 0.769. The van der Waals surface area contributed by atoms with Gasteiger partial charge in [0.1, 0.15) is 4.90 Å². The van der Waals surface area contributed by atoms with Crippen LogP contribution in [0.5, 0.6) is 0 Å². The minimum absolute atomic E-state index is 0.0573. The fourth-order valence-electron chi connectivity index (χ4n) is 0.973. The van der Waals surface area contributed by atoms with Crippen LogP contribution in [-0.4, -0.2) is 13.0 Å². The second-order valence-corrected chi connectivity index (χ2v) is 4.39. The van der Waals surface area contributed by atoms with E-state index in [1.807, 2.05) is 6.92 Å². The average molecular weight is 221 g/mol. The second kappa shape index (κ2) is 3.65. The molecule has 0 atom stereocenters. The number of hydrogen-bond donors (Lipinski definition) is 1. The van der Waals surface area contributed by atoms with Gasteiger partial charge in [0.05, 0.1) is 5.02 Å². The highest BCUT2D eigenvalue weighted by Gasteiger charge is 2.13. The molecule has 1 aromatic carbocycles. The predicted molar refractivity (Wildman–Crippen MR) is 50.6 cm³/mol. The smallest absolute Gasteiger partial charge is 0.282 e. The molecule has 0 unspecified atom stereocenters. The lowest BCUT2D eigenvalue weighted by Crippen LogP contribution is -1.99. The zero-order valence-corrected chi connectivity index (χ0v) is 8.56. The Kier molecular flexibility index (Phi) is 2.95. The van der Waals surface area contributed by atoms with E-state index in [1.165, 1.54) is 12.1 Å². The highest BCUT2D eigenvalue weighted by atomic mass is 35.5. The summed E-state index contributed by atoms with van der Waals surface area (Å²) in [4.78, 5) is -0.244. The maximum Gasteiger partial charge on any atom is 0.296 e.